The zero-order valence-corrected chi connectivity index (χ0v) is 19.1. The van der Waals surface area contributed by atoms with Gasteiger partial charge < -0.3 is 0 Å². The third-order valence-electron chi connectivity index (χ3n) is 5.77. The minimum atomic E-state index is -7.99. The van der Waals surface area contributed by atoms with E-state index in [0.717, 1.165) is 0 Å². The average Bonchev–Trinajstić information content (AvgIpc) is 3.30. The molecule has 2 aromatic rings. The zero-order valence-electron chi connectivity index (χ0n) is 18.1. The molecule has 4 nitrogen and oxygen atoms in total. The van der Waals surface area contributed by atoms with Crippen molar-refractivity contribution in [2.45, 2.75) is 48.3 Å². The molecule has 0 aliphatic carbocycles. The molecule has 2 aliphatic rings. The van der Waals surface area contributed by atoms with Crippen LogP contribution < -0.4 is 17.7 Å². The summed E-state index contributed by atoms with van der Waals surface area (Å²) in [6, 6.07) is 8.50. The fourth-order valence-corrected chi connectivity index (χ4v) is 7.49. The van der Waals surface area contributed by atoms with Gasteiger partial charge in [0.1, 0.15) is 0 Å². The van der Waals surface area contributed by atoms with E-state index in [2.05, 4.69) is 0 Å². The van der Waals surface area contributed by atoms with Crippen molar-refractivity contribution in [3.63, 3.8) is 0 Å². The van der Waals surface area contributed by atoms with E-state index in [1.165, 1.54) is 48.5 Å². The summed E-state index contributed by atoms with van der Waals surface area (Å²) >= 11 is 0. The van der Waals surface area contributed by atoms with E-state index in [-0.39, 0.29) is 23.0 Å². The predicted molar refractivity (Wildman–Crippen MR) is 101 cm³/mol. The Balaban J connectivity index is 1.69. The molecule has 0 atom stereocenters. The number of para-hydroxylation sites is 4. The SMILES string of the molecule is FC(F)(F)C(F)(F)C(F)(F)C(F)(F)C(F)(F)C(F)(F)CC[Si-]12(Oc3ccccc3O1)Oc1ccccc1O2. The van der Waals surface area contributed by atoms with E-state index in [1.807, 2.05) is 0 Å². The number of rotatable bonds is 7. The Hall–Kier alpha value is -3.05. The van der Waals surface area contributed by atoms with Gasteiger partial charge in [-0.25, -0.2) is 0 Å². The Bertz CT molecular complexity index is 1130. The first kappa shape index (κ1) is 28.0. The molecule has 2 aromatic carbocycles. The Morgan fingerprint density at radius 2 is 0.789 bits per heavy atom. The van der Waals surface area contributed by atoms with Crippen molar-refractivity contribution in [1.82, 2.24) is 0 Å². The second kappa shape index (κ2) is 7.75. The molecule has 0 saturated carbocycles. The van der Waals surface area contributed by atoms with Crippen LogP contribution in [0.1, 0.15) is 6.42 Å². The van der Waals surface area contributed by atoms with Gasteiger partial charge in [-0.1, -0.05) is 0 Å². The summed E-state index contributed by atoms with van der Waals surface area (Å²) in [5.41, 5.74) is 0. The second-order valence-electron chi connectivity index (χ2n) is 8.38. The fraction of sp³-hybridized carbons (Fsp3) is 0.400. The number of benzene rings is 2. The van der Waals surface area contributed by atoms with Crippen molar-refractivity contribution in [3.8, 4) is 23.0 Å². The third kappa shape index (κ3) is 3.65. The molecule has 0 unspecified atom stereocenters. The number of fused-ring (bicyclic) bond motifs is 2. The number of hydrogen-bond acceptors (Lipinski definition) is 4. The van der Waals surface area contributed by atoms with Crippen LogP contribution in [0.15, 0.2) is 48.5 Å². The van der Waals surface area contributed by atoms with Crippen molar-refractivity contribution in [2.24, 2.45) is 0 Å². The standard InChI is InChI=1S/C20H12F13O4Si/c21-15(22,16(23,24)17(25,26)18(27,28)19(29,30)20(31,32)33)9-10-38(34-11-5-1-2-6-12(11)35-38)36-13-7-3-4-8-14(13)37-38/h1-8H,9-10H2/q-1. The van der Waals surface area contributed by atoms with E-state index in [1.54, 1.807) is 0 Å². The summed E-state index contributed by atoms with van der Waals surface area (Å²) < 4.78 is 198. The van der Waals surface area contributed by atoms with Crippen LogP contribution in [0.4, 0.5) is 57.1 Å². The van der Waals surface area contributed by atoms with E-state index in [9.17, 15) is 57.1 Å². The fourth-order valence-electron chi connectivity index (χ4n) is 3.74. The Labute approximate surface area is 203 Å². The summed E-state index contributed by atoms with van der Waals surface area (Å²) in [6.45, 7) is 0. The zero-order chi connectivity index (χ0) is 28.7. The van der Waals surface area contributed by atoms with E-state index >= 15 is 0 Å². The van der Waals surface area contributed by atoms with Gasteiger partial charge >= 0.3 is 203 Å². The minimum absolute atomic E-state index is 0.231. The van der Waals surface area contributed by atoms with Crippen LogP contribution in [0.25, 0.3) is 0 Å². The first-order chi connectivity index (χ1) is 17.1. The number of halogens is 13. The summed E-state index contributed by atoms with van der Waals surface area (Å²) in [4.78, 5) is 0. The molecule has 4 rings (SSSR count). The molecule has 0 radical (unpaired) electrons. The van der Waals surface area contributed by atoms with Crippen LogP contribution in [0.3, 0.4) is 0 Å². The topological polar surface area (TPSA) is 36.9 Å². The second-order valence-corrected chi connectivity index (χ2v) is 11.9. The number of alkyl halides is 13. The normalized spacial score (nSPS) is 19.8. The van der Waals surface area contributed by atoms with Crippen LogP contribution in [0, 0.1) is 0 Å². The quantitative estimate of drug-likeness (QED) is 0.248. The maximum atomic E-state index is 14.6. The Kier molecular flexibility index (Phi) is 5.71. The van der Waals surface area contributed by atoms with Gasteiger partial charge in [-0.2, -0.15) is 0 Å². The average molecular weight is 591 g/mol. The molecule has 18 heteroatoms. The van der Waals surface area contributed by atoms with E-state index < -0.39 is 56.6 Å². The van der Waals surface area contributed by atoms with Crippen molar-refractivity contribution in [2.75, 3.05) is 0 Å². The first-order valence-corrected chi connectivity index (χ1v) is 12.5. The van der Waals surface area contributed by atoms with E-state index in [4.69, 9.17) is 17.7 Å². The molecular formula is C20H12F13O4Si-. The molecule has 0 fully saturated rings. The molecule has 0 saturated heterocycles. The summed E-state index contributed by atoms with van der Waals surface area (Å²) in [5, 5.41) is 0. The van der Waals surface area contributed by atoms with Gasteiger partial charge in [-0.05, 0) is 0 Å². The summed E-state index contributed by atoms with van der Waals surface area (Å²) in [7, 11) is -5.89. The number of hydrogen-bond donors (Lipinski definition) is 0. The molecule has 0 amide bonds. The van der Waals surface area contributed by atoms with Crippen molar-refractivity contribution < 1.29 is 74.8 Å². The predicted octanol–water partition coefficient (Wildman–Crippen LogP) is 7.45. The van der Waals surface area contributed by atoms with Gasteiger partial charge in [-0.15, -0.1) is 0 Å². The van der Waals surface area contributed by atoms with Crippen LogP contribution in [-0.2, 0) is 0 Å². The Morgan fingerprint density at radius 3 is 1.11 bits per heavy atom. The molecule has 2 aliphatic heterocycles. The summed E-state index contributed by atoms with van der Waals surface area (Å²) in [5.74, 6) is -38.4. The molecule has 212 valence electrons. The van der Waals surface area contributed by atoms with Gasteiger partial charge in [0, 0.05) is 0 Å². The van der Waals surface area contributed by atoms with E-state index in [0.29, 0.717) is 0 Å². The maximum absolute atomic E-state index is 14.6. The van der Waals surface area contributed by atoms with Crippen molar-refractivity contribution in [3.05, 3.63) is 48.5 Å². The Morgan fingerprint density at radius 1 is 0.474 bits per heavy atom. The molecule has 0 aromatic heterocycles. The molecule has 2 heterocycles. The molecule has 38 heavy (non-hydrogen) atoms. The van der Waals surface area contributed by atoms with Gasteiger partial charge in [0.2, 0.25) is 0 Å². The van der Waals surface area contributed by atoms with Crippen molar-refractivity contribution in [1.29, 1.82) is 0 Å². The third-order valence-corrected chi connectivity index (χ3v) is 9.30. The first-order valence-electron chi connectivity index (χ1n) is 10.2. The molecule has 1 spiro atoms. The monoisotopic (exact) mass is 591 g/mol. The van der Waals surface area contributed by atoms with Crippen LogP contribution in [-0.4, -0.2) is 44.1 Å². The molecular weight excluding hydrogens is 579 g/mol. The van der Waals surface area contributed by atoms with Gasteiger partial charge in [0.05, 0.1) is 0 Å². The van der Waals surface area contributed by atoms with Crippen LogP contribution >= 0.6 is 0 Å². The molecule has 0 N–H and O–H groups in total. The van der Waals surface area contributed by atoms with Gasteiger partial charge in [0.25, 0.3) is 0 Å². The van der Waals surface area contributed by atoms with Crippen molar-refractivity contribution >= 4 is 8.33 Å². The van der Waals surface area contributed by atoms with Gasteiger partial charge in [0.15, 0.2) is 0 Å². The molecule has 0 bridgehead atoms. The van der Waals surface area contributed by atoms with Gasteiger partial charge in [-0.3, -0.25) is 0 Å². The van der Waals surface area contributed by atoms with Crippen LogP contribution in [0.5, 0.6) is 23.0 Å². The summed E-state index contributed by atoms with van der Waals surface area (Å²) in [6.07, 6.45) is -10.1. The van der Waals surface area contributed by atoms with Crippen LogP contribution in [0.2, 0.25) is 6.04 Å².